The quantitative estimate of drug-likeness (QED) is 0.350. The van der Waals surface area contributed by atoms with Gasteiger partial charge in [-0.25, -0.2) is 0 Å². The molecular formula is C32H42N2O4. The molecule has 0 aromatic heterocycles. The molecule has 2 heterocycles. The molecule has 4 rings (SSSR count). The number of ether oxygens (including phenoxy) is 1. The highest BCUT2D eigenvalue weighted by atomic mass is 16.5. The maximum absolute atomic E-state index is 11.3. The van der Waals surface area contributed by atoms with Crippen LogP contribution < -0.4 is 14.5 Å². The highest BCUT2D eigenvalue weighted by Crippen LogP contribution is 2.44. The molecule has 6 heteroatoms. The number of phenols is 1. The van der Waals surface area contributed by atoms with Gasteiger partial charge in [-0.1, -0.05) is 18.7 Å². The summed E-state index contributed by atoms with van der Waals surface area (Å²) in [5.74, 6) is 1.26. The first-order valence-electron chi connectivity index (χ1n) is 13.2. The Morgan fingerprint density at radius 2 is 1.47 bits per heavy atom. The Kier molecular flexibility index (Phi) is 8.75. The highest BCUT2D eigenvalue weighted by Gasteiger charge is 2.32. The van der Waals surface area contributed by atoms with Crippen molar-refractivity contribution in [3.05, 3.63) is 69.3 Å². The molecule has 6 nitrogen and oxygen atoms in total. The van der Waals surface area contributed by atoms with Crippen molar-refractivity contribution < 1.29 is 19.4 Å². The number of amides is 2. The molecular weight excluding hydrogens is 476 g/mol. The van der Waals surface area contributed by atoms with Gasteiger partial charge in [-0.05, 0) is 120 Å². The van der Waals surface area contributed by atoms with E-state index in [-0.39, 0.29) is 12.1 Å². The van der Waals surface area contributed by atoms with Gasteiger partial charge in [0.25, 0.3) is 0 Å². The molecule has 2 atom stereocenters. The maximum Gasteiger partial charge on any atom is 0.214 e. The second kappa shape index (κ2) is 11.5. The molecule has 38 heavy (non-hydrogen) atoms. The number of nitrogens with zero attached hydrogens (tertiary/aromatic N) is 2. The van der Waals surface area contributed by atoms with Crippen molar-refractivity contribution in [1.29, 1.82) is 0 Å². The second-order valence-electron chi connectivity index (χ2n) is 11.0. The predicted molar refractivity (Wildman–Crippen MR) is 156 cm³/mol. The van der Waals surface area contributed by atoms with Gasteiger partial charge in [-0.3, -0.25) is 9.59 Å². The lowest BCUT2D eigenvalue weighted by Gasteiger charge is -2.21. The van der Waals surface area contributed by atoms with Gasteiger partial charge in [0, 0.05) is 17.6 Å². The van der Waals surface area contributed by atoms with E-state index in [9.17, 15) is 14.7 Å². The summed E-state index contributed by atoms with van der Waals surface area (Å²) in [6, 6.07) is 2.44. The van der Waals surface area contributed by atoms with Crippen LogP contribution in [0.25, 0.3) is 0 Å². The van der Waals surface area contributed by atoms with E-state index >= 15 is 0 Å². The van der Waals surface area contributed by atoms with E-state index < -0.39 is 0 Å². The molecule has 2 unspecified atom stereocenters. The topological polar surface area (TPSA) is 70.1 Å². The zero-order valence-corrected chi connectivity index (χ0v) is 24.2. The third-order valence-electron chi connectivity index (χ3n) is 7.77. The summed E-state index contributed by atoms with van der Waals surface area (Å²) in [5.41, 5.74) is 11.4. The van der Waals surface area contributed by atoms with Crippen molar-refractivity contribution in [1.82, 2.24) is 0 Å². The lowest BCUT2D eigenvalue weighted by Crippen LogP contribution is -2.27. The largest absolute Gasteiger partial charge is 0.507 e. The fourth-order valence-electron chi connectivity index (χ4n) is 5.52. The summed E-state index contributed by atoms with van der Waals surface area (Å²) in [6.45, 7) is 24.3. The van der Waals surface area contributed by atoms with Gasteiger partial charge in [0.2, 0.25) is 12.8 Å². The lowest BCUT2D eigenvalue weighted by atomic mass is 9.91. The summed E-state index contributed by atoms with van der Waals surface area (Å²) in [6.07, 6.45) is 4.17. The summed E-state index contributed by atoms with van der Waals surface area (Å²) in [7, 11) is 0. The van der Waals surface area contributed by atoms with E-state index in [0.29, 0.717) is 18.8 Å². The van der Waals surface area contributed by atoms with E-state index in [1.165, 1.54) is 5.56 Å². The summed E-state index contributed by atoms with van der Waals surface area (Å²) >= 11 is 0. The number of rotatable bonds is 7. The van der Waals surface area contributed by atoms with E-state index in [4.69, 9.17) is 4.74 Å². The molecule has 2 aromatic carbocycles. The Bertz CT molecular complexity index is 1290. The molecule has 204 valence electrons. The Morgan fingerprint density at radius 1 is 0.921 bits per heavy atom. The van der Waals surface area contributed by atoms with E-state index in [1.807, 2.05) is 46.4 Å². The molecule has 2 amide bonds. The summed E-state index contributed by atoms with van der Waals surface area (Å²) in [4.78, 5) is 26.1. The fourth-order valence-corrected chi connectivity index (χ4v) is 5.52. The smallest absolute Gasteiger partial charge is 0.214 e. The number of fused-ring (bicyclic) bond motifs is 2. The van der Waals surface area contributed by atoms with Crippen molar-refractivity contribution in [3.8, 4) is 11.5 Å². The molecule has 0 saturated heterocycles. The normalized spacial score (nSPS) is 17.4. The Balaban J connectivity index is 0.000000211. The van der Waals surface area contributed by atoms with Crippen LogP contribution in [0, 0.1) is 27.7 Å². The number of allylic oxidation sites excluding steroid dienone is 1. The fraction of sp³-hybridized carbons (Fsp3) is 0.438. The number of anilines is 2. The van der Waals surface area contributed by atoms with E-state index in [0.717, 1.165) is 87.3 Å². The molecule has 2 aliphatic heterocycles. The first kappa shape index (κ1) is 29.0. The molecule has 0 aliphatic carbocycles. The van der Waals surface area contributed by atoms with E-state index in [2.05, 4.69) is 33.1 Å². The van der Waals surface area contributed by atoms with Gasteiger partial charge in [-0.15, -0.1) is 0 Å². The zero-order valence-electron chi connectivity index (χ0n) is 24.2. The highest BCUT2D eigenvalue weighted by molar-refractivity contribution is 5.86. The van der Waals surface area contributed by atoms with E-state index in [1.54, 1.807) is 4.90 Å². The molecule has 2 aromatic rings. The van der Waals surface area contributed by atoms with Crippen molar-refractivity contribution in [2.75, 3.05) is 16.4 Å². The lowest BCUT2D eigenvalue weighted by molar-refractivity contribution is -0.108. The number of carbonyl (C=O) groups excluding carboxylic acids is 2. The van der Waals surface area contributed by atoms with Crippen LogP contribution in [0.2, 0.25) is 0 Å². The molecule has 1 N–H and O–H groups in total. The molecule has 2 aliphatic rings. The minimum absolute atomic E-state index is 0.149. The van der Waals surface area contributed by atoms with Crippen molar-refractivity contribution >= 4 is 24.2 Å². The standard InChI is InChI=1S/2C16H21NO2/c1-10(2)8-19-15-7-14-6-11(3)17(9-18)16(14)13(5)12(15)4;1-9(2)6-14-13-7-10(3)17(8-18)15(13)11(4)12(5)16(14)19/h7,9,11H,1,6,8H2,2-5H3;8,10,19H,1,6-7H2,2-5H3. The zero-order chi connectivity index (χ0) is 28.5. The Labute approximate surface area is 227 Å². The number of hydrogen-bond acceptors (Lipinski definition) is 4. The van der Waals surface area contributed by atoms with Gasteiger partial charge >= 0.3 is 0 Å². The van der Waals surface area contributed by atoms with Gasteiger partial charge in [0.1, 0.15) is 18.1 Å². The second-order valence-corrected chi connectivity index (χ2v) is 11.0. The first-order valence-corrected chi connectivity index (χ1v) is 13.2. The van der Waals surface area contributed by atoms with Crippen molar-refractivity contribution in [2.45, 2.75) is 86.7 Å². The molecule has 0 spiro atoms. The van der Waals surface area contributed by atoms with Crippen LogP contribution >= 0.6 is 0 Å². The maximum atomic E-state index is 11.3. The molecule has 0 saturated carbocycles. The number of aromatic hydroxyl groups is 1. The van der Waals surface area contributed by atoms with Crippen molar-refractivity contribution in [3.63, 3.8) is 0 Å². The first-order chi connectivity index (χ1) is 17.8. The van der Waals surface area contributed by atoms with Crippen LogP contribution in [0.3, 0.4) is 0 Å². The van der Waals surface area contributed by atoms with Gasteiger partial charge < -0.3 is 19.6 Å². The van der Waals surface area contributed by atoms with Crippen LogP contribution in [-0.2, 0) is 28.9 Å². The predicted octanol–water partition coefficient (Wildman–Crippen LogP) is 6.20. The average molecular weight is 519 g/mol. The van der Waals surface area contributed by atoms with Crippen LogP contribution in [-0.4, -0.2) is 36.6 Å². The van der Waals surface area contributed by atoms with Crippen LogP contribution in [0.15, 0.2) is 30.4 Å². The third-order valence-corrected chi connectivity index (χ3v) is 7.77. The Hall–Kier alpha value is -3.54. The summed E-state index contributed by atoms with van der Waals surface area (Å²) in [5, 5.41) is 10.4. The summed E-state index contributed by atoms with van der Waals surface area (Å²) < 4.78 is 5.80. The van der Waals surface area contributed by atoms with Gasteiger partial charge in [0.15, 0.2) is 0 Å². The minimum Gasteiger partial charge on any atom is -0.507 e. The average Bonchev–Trinajstić information content (AvgIpc) is 3.37. The molecule has 0 radical (unpaired) electrons. The van der Waals surface area contributed by atoms with Crippen LogP contribution in [0.1, 0.15) is 66.6 Å². The molecule has 0 bridgehead atoms. The number of carbonyl (C=O) groups is 2. The minimum atomic E-state index is 0.149. The number of benzene rings is 2. The monoisotopic (exact) mass is 518 g/mol. The van der Waals surface area contributed by atoms with Gasteiger partial charge in [-0.2, -0.15) is 0 Å². The third kappa shape index (κ3) is 5.35. The molecule has 0 fully saturated rings. The number of hydrogen-bond donors (Lipinski definition) is 1. The number of phenolic OH excluding ortho intramolecular Hbond substituents is 1. The van der Waals surface area contributed by atoms with Crippen molar-refractivity contribution in [2.24, 2.45) is 0 Å². The van der Waals surface area contributed by atoms with Gasteiger partial charge in [0.05, 0.1) is 11.4 Å². The van der Waals surface area contributed by atoms with Crippen LogP contribution in [0.5, 0.6) is 11.5 Å². The Morgan fingerprint density at radius 3 is 2.03 bits per heavy atom. The SMILES string of the molecule is C=C(C)COc1cc2c(c(C)c1C)N(C=O)C(C)C2.C=C(C)Cc1c(O)c(C)c(C)c2c1CC(C)N2C=O. The van der Waals surface area contributed by atoms with Crippen LogP contribution in [0.4, 0.5) is 11.4 Å².